The number of ether oxygens (including phenoxy) is 1. The van der Waals surface area contributed by atoms with Gasteiger partial charge in [-0.15, -0.1) is 0 Å². The molecule has 0 unspecified atom stereocenters. The van der Waals surface area contributed by atoms with E-state index in [9.17, 15) is 9.59 Å². The third-order valence-corrected chi connectivity index (χ3v) is 12.9. The Bertz CT molecular complexity index is 1520. The summed E-state index contributed by atoms with van der Waals surface area (Å²) in [6.07, 6.45) is 4.68. The fraction of sp³-hybridized carbons (Fsp3) is 0.200. The summed E-state index contributed by atoms with van der Waals surface area (Å²) in [6.45, 7) is 2.03. The Balaban J connectivity index is 1.46. The number of nitrogens with one attached hydrogen (secondary N) is 1. The van der Waals surface area contributed by atoms with Crippen molar-refractivity contribution in [3.63, 3.8) is 0 Å². The second kappa shape index (κ2) is 13.0. The van der Waals surface area contributed by atoms with Crippen molar-refractivity contribution in [3.05, 3.63) is 121 Å². The van der Waals surface area contributed by atoms with E-state index in [4.69, 9.17) is 4.74 Å². The van der Waals surface area contributed by atoms with Gasteiger partial charge in [0.1, 0.15) is 0 Å². The third-order valence-electron chi connectivity index (χ3n) is 7.87. The van der Waals surface area contributed by atoms with Crippen LogP contribution >= 0.6 is 7.26 Å². The predicted octanol–water partition coefficient (Wildman–Crippen LogP) is 5.48. The minimum atomic E-state index is -2.40. The number of rotatable bonds is 11. The van der Waals surface area contributed by atoms with Gasteiger partial charge in [0.25, 0.3) is 0 Å². The molecule has 1 aromatic heterocycles. The van der Waals surface area contributed by atoms with E-state index in [0.29, 0.717) is 19.4 Å². The van der Waals surface area contributed by atoms with Gasteiger partial charge in [0, 0.05) is 0 Å². The van der Waals surface area contributed by atoms with Gasteiger partial charge in [0.15, 0.2) is 0 Å². The first-order valence-corrected chi connectivity index (χ1v) is 16.4. The summed E-state index contributed by atoms with van der Waals surface area (Å²) in [5.74, 6) is 0.751. The quantitative estimate of drug-likeness (QED) is 0.216. The molecule has 0 aliphatic rings. The first kappa shape index (κ1) is 28.3. The molecule has 0 saturated carbocycles. The number of benzene rings is 4. The van der Waals surface area contributed by atoms with Gasteiger partial charge >= 0.3 is 243 Å². The second-order valence-electron chi connectivity index (χ2n) is 10.4. The topological polar surface area (TPSA) is 60.3 Å². The Morgan fingerprint density at radius 2 is 1.37 bits per heavy atom. The molecule has 41 heavy (non-hydrogen) atoms. The zero-order chi connectivity index (χ0) is 28.7. The molecule has 0 spiro atoms. The summed E-state index contributed by atoms with van der Waals surface area (Å²) >= 11 is 0. The monoisotopic (exact) mass is 564 g/mol. The number of carbonyl (C=O) groups excluding carboxylic acids is 2. The molecule has 0 saturated heterocycles. The molecule has 5 nitrogen and oxygen atoms in total. The van der Waals surface area contributed by atoms with Gasteiger partial charge in [-0.25, -0.2) is 0 Å². The van der Waals surface area contributed by atoms with Crippen LogP contribution in [-0.2, 0) is 11.2 Å². The van der Waals surface area contributed by atoms with E-state index >= 15 is 0 Å². The van der Waals surface area contributed by atoms with Crippen LogP contribution < -0.4 is 26.0 Å². The molecule has 0 aliphatic heterocycles. The van der Waals surface area contributed by atoms with Gasteiger partial charge < -0.3 is 0 Å². The summed E-state index contributed by atoms with van der Waals surface area (Å²) in [6, 6.07) is 38.3. The van der Waals surface area contributed by atoms with Gasteiger partial charge in [-0.3, -0.25) is 0 Å². The van der Waals surface area contributed by atoms with Crippen LogP contribution in [0.1, 0.15) is 30.1 Å². The number of nitrogens with zero attached hydrogens (tertiary/aromatic N) is 1. The van der Waals surface area contributed by atoms with E-state index in [1.54, 1.807) is 11.7 Å². The molecular weight excluding hydrogens is 527 g/mol. The van der Waals surface area contributed by atoms with Gasteiger partial charge in [-0.1, -0.05) is 0 Å². The molecule has 1 N–H and O–H groups in total. The standard InChI is InChI=1S/C35H37N2O3P/c1-27(38)36-23-22-28-26-37(34-21-20-29(40-2)25-33(28)34)35(39)19-12-24-41(30-13-6-3-7-14-30,31-15-8-4-9-16-31)32-17-10-5-11-18-32/h3-11,13-18,20-21,25-26,41H,12,19,22-24H2,1-2H3,(H,36,38). The Labute approximate surface area is 242 Å². The normalized spacial score (nSPS) is 11.8. The molecule has 210 valence electrons. The maximum absolute atomic E-state index is 13.8. The molecule has 5 aromatic rings. The molecule has 5 rings (SSSR count). The van der Waals surface area contributed by atoms with Crippen molar-refractivity contribution in [1.29, 1.82) is 0 Å². The maximum atomic E-state index is 13.8. The van der Waals surface area contributed by atoms with Crippen LogP contribution in [0.5, 0.6) is 5.75 Å². The summed E-state index contributed by atoms with van der Waals surface area (Å²) in [4.78, 5) is 25.2. The van der Waals surface area contributed by atoms with Crippen molar-refractivity contribution in [1.82, 2.24) is 9.88 Å². The summed E-state index contributed by atoms with van der Waals surface area (Å²) in [5.41, 5.74) is 1.88. The number of amides is 1. The molecule has 4 aromatic carbocycles. The van der Waals surface area contributed by atoms with Gasteiger partial charge in [-0.05, 0) is 0 Å². The minimum absolute atomic E-state index is 0.0645. The summed E-state index contributed by atoms with van der Waals surface area (Å²) in [5, 5.41) is 7.89. The predicted molar refractivity (Wildman–Crippen MR) is 172 cm³/mol. The fourth-order valence-corrected chi connectivity index (χ4v) is 10.8. The molecule has 0 fully saturated rings. The van der Waals surface area contributed by atoms with Crippen molar-refractivity contribution in [2.75, 3.05) is 19.8 Å². The van der Waals surface area contributed by atoms with Crippen LogP contribution in [0.25, 0.3) is 10.9 Å². The van der Waals surface area contributed by atoms with E-state index < -0.39 is 7.26 Å². The molecule has 6 heteroatoms. The number of carbonyl (C=O) groups is 2. The van der Waals surface area contributed by atoms with Crippen LogP contribution in [0, 0.1) is 0 Å². The second-order valence-corrected chi connectivity index (χ2v) is 14.4. The van der Waals surface area contributed by atoms with Crippen molar-refractivity contribution in [3.8, 4) is 5.75 Å². The Morgan fingerprint density at radius 1 is 0.805 bits per heavy atom. The number of hydrogen-bond donors (Lipinski definition) is 1. The molecule has 1 amide bonds. The molecule has 0 aliphatic carbocycles. The molecular formula is C35H37N2O3P. The third kappa shape index (κ3) is 6.11. The fourth-order valence-electron chi connectivity index (χ4n) is 5.91. The van der Waals surface area contributed by atoms with Crippen molar-refractivity contribution in [2.45, 2.75) is 26.2 Å². The average Bonchev–Trinajstić information content (AvgIpc) is 3.38. The average molecular weight is 565 g/mol. The van der Waals surface area contributed by atoms with Crippen molar-refractivity contribution >= 4 is 45.9 Å². The molecule has 0 atom stereocenters. The molecule has 0 radical (unpaired) electrons. The zero-order valence-electron chi connectivity index (χ0n) is 23.7. The van der Waals surface area contributed by atoms with Crippen LogP contribution in [0.2, 0.25) is 0 Å². The SMILES string of the molecule is COc1ccc2c(c1)c(CCNC(C)=O)cn2C(=O)CCC[PH](c1ccccc1)(c1ccccc1)c1ccccc1. The Hall–Kier alpha value is -4.21. The Kier molecular flexibility index (Phi) is 8.96. The first-order valence-electron chi connectivity index (χ1n) is 14.1. The van der Waals surface area contributed by atoms with Crippen molar-refractivity contribution < 1.29 is 14.3 Å². The number of methoxy groups -OCH3 is 1. The molecule has 1 heterocycles. The van der Waals surface area contributed by atoms with Crippen molar-refractivity contribution in [2.24, 2.45) is 0 Å². The van der Waals surface area contributed by atoms with Crippen LogP contribution in [0.4, 0.5) is 0 Å². The summed E-state index contributed by atoms with van der Waals surface area (Å²) in [7, 11) is -0.758. The zero-order valence-corrected chi connectivity index (χ0v) is 24.7. The van der Waals surface area contributed by atoms with Gasteiger partial charge in [0.05, 0.1) is 0 Å². The van der Waals surface area contributed by atoms with E-state index in [1.807, 2.05) is 24.4 Å². The van der Waals surface area contributed by atoms with E-state index in [1.165, 1.54) is 22.8 Å². The van der Waals surface area contributed by atoms with Crippen LogP contribution in [0.3, 0.4) is 0 Å². The molecule has 0 bridgehead atoms. The number of hydrogen-bond acceptors (Lipinski definition) is 3. The first-order chi connectivity index (χ1) is 20.0. The summed E-state index contributed by atoms with van der Waals surface area (Å²) < 4.78 is 7.25. The number of aromatic nitrogens is 1. The van der Waals surface area contributed by atoms with E-state index in [2.05, 4.69) is 96.3 Å². The van der Waals surface area contributed by atoms with Crippen LogP contribution in [-0.4, -0.2) is 36.2 Å². The van der Waals surface area contributed by atoms with Gasteiger partial charge in [-0.2, -0.15) is 0 Å². The van der Waals surface area contributed by atoms with E-state index in [0.717, 1.165) is 34.8 Å². The Morgan fingerprint density at radius 3 is 1.88 bits per heavy atom. The van der Waals surface area contributed by atoms with E-state index in [-0.39, 0.29) is 11.8 Å². The van der Waals surface area contributed by atoms with Crippen LogP contribution in [0.15, 0.2) is 115 Å². The van der Waals surface area contributed by atoms with Gasteiger partial charge in [0.2, 0.25) is 0 Å². The number of fused-ring (bicyclic) bond motifs is 1.